The Kier molecular flexibility index (Phi) is 3.40. The zero-order valence-corrected chi connectivity index (χ0v) is 8.46. The van der Waals surface area contributed by atoms with Gasteiger partial charge in [-0.25, -0.2) is 0 Å². The lowest BCUT2D eigenvalue weighted by molar-refractivity contribution is 0.814. The van der Waals surface area contributed by atoms with Crippen molar-refractivity contribution in [1.29, 1.82) is 0 Å². The van der Waals surface area contributed by atoms with Gasteiger partial charge >= 0.3 is 0 Å². The molecule has 3 nitrogen and oxygen atoms in total. The number of nitrogen functional groups attached to an aromatic ring is 2. The van der Waals surface area contributed by atoms with Crippen molar-refractivity contribution >= 4 is 17.1 Å². The second kappa shape index (κ2) is 4.56. The highest BCUT2D eigenvalue weighted by molar-refractivity contribution is 5.69. The highest BCUT2D eigenvalue weighted by atomic mass is 14.9. The molecule has 14 heavy (non-hydrogen) atoms. The molecule has 0 aliphatic carbocycles. The van der Waals surface area contributed by atoms with E-state index in [4.69, 9.17) is 11.5 Å². The highest BCUT2D eigenvalue weighted by Crippen LogP contribution is 2.20. The van der Waals surface area contributed by atoms with Crippen molar-refractivity contribution in [1.82, 2.24) is 0 Å². The van der Waals surface area contributed by atoms with E-state index in [-0.39, 0.29) is 0 Å². The summed E-state index contributed by atoms with van der Waals surface area (Å²) in [4.78, 5) is 0. The molecule has 0 saturated carbocycles. The van der Waals surface area contributed by atoms with Gasteiger partial charge in [0.2, 0.25) is 0 Å². The first-order chi connectivity index (χ1) is 6.63. The second-order valence-corrected chi connectivity index (χ2v) is 3.41. The van der Waals surface area contributed by atoms with Crippen LogP contribution in [0.25, 0.3) is 0 Å². The van der Waals surface area contributed by atoms with E-state index in [1.807, 2.05) is 18.2 Å². The number of nitrogens with two attached hydrogens (primary N) is 2. The Hall–Kier alpha value is -1.64. The van der Waals surface area contributed by atoms with Crippen molar-refractivity contribution in [2.75, 3.05) is 16.8 Å². The number of rotatable bonds is 4. The minimum Gasteiger partial charge on any atom is -0.397 e. The van der Waals surface area contributed by atoms with Crippen LogP contribution >= 0.6 is 0 Å². The third kappa shape index (κ3) is 2.69. The number of benzene rings is 1. The molecule has 0 heterocycles. The topological polar surface area (TPSA) is 64.1 Å². The van der Waals surface area contributed by atoms with Crippen LogP contribution in [0.1, 0.15) is 13.3 Å². The van der Waals surface area contributed by atoms with Gasteiger partial charge in [-0.2, -0.15) is 0 Å². The van der Waals surface area contributed by atoms with E-state index >= 15 is 0 Å². The molecule has 76 valence electrons. The summed E-state index contributed by atoms with van der Waals surface area (Å²) in [6.07, 6.45) is 2.81. The van der Waals surface area contributed by atoms with Gasteiger partial charge in [0.25, 0.3) is 0 Å². The fourth-order valence-electron chi connectivity index (χ4n) is 1.26. The van der Waals surface area contributed by atoms with Gasteiger partial charge in [-0.3, -0.25) is 0 Å². The Morgan fingerprint density at radius 1 is 1.43 bits per heavy atom. The molecule has 1 aromatic carbocycles. The summed E-state index contributed by atoms with van der Waals surface area (Å²) >= 11 is 0. The zero-order chi connectivity index (χ0) is 10.6. The number of hydrogen-bond donors (Lipinski definition) is 3. The molecule has 0 radical (unpaired) electrons. The van der Waals surface area contributed by atoms with E-state index in [9.17, 15) is 0 Å². The van der Waals surface area contributed by atoms with E-state index in [0.29, 0.717) is 17.4 Å². The third-order valence-electron chi connectivity index (χ3n) is 2.02. The fourth-order valence-corrected chi connectivity index (χ4v) is 1.26. The Bertz CT molecular complexity index is 320. The standard InChI is InChI=1S/C11H17N3/c1-3-4-8(2)14-9-5-6-10(12)11(13)7-9/h3,5-8,14H,1,4,12-13H2,2H3. The molecule has 0 aliphatic heterocycles. The Labute approximate surface area is 84.8 Å². The first-order valence-electron chi connectivity index (χ1n) is 4.66. The lowest BCUT2D eigenvalue weighted by Crippen LogP contribution is -2.13. The summed E-state index contributed by atoms with van der Waals surface area (Å²) in [7, 11) is 0. The zero-order valence-electron chi connectivity index (χ0n) is 8.46. The quantitative estimate of drug-likeness (QED) is 0.505. The number of nitrogens with one attached hydrogen (secondary N) is 1. The maximum Gasteiger partial charge on any atom is 0.0568 e. The molecule has 0 amide bonds. The van der Waals surface area contributed by atoms with Crippen LogP contribution in [-0.2, 0) is 0 Å². The predicted molar refractivity (Wildman–Crippen MR) is 63.2 cm³/mol. The van der Waals surface area contributed by atoms with Gasteiger partial charge in [0.05, 0.1) is 11.4 Å². The molecule has 1 atom stereocenters. The normalized spacial score (nSPS) is 12.1. The van der Waals surface area contributed by atoms with Crippen LogP contribution in [-0.4, -0.2) is 6.04 Å². The third-order valence-corrected chi connectivity index (χ3v) is 2.02. The molecule has 0 bridgehead atoms. The van der Waals surface area contributed by atoms with Gasteiger partial charge in [0.15, 0.2) is 0 Å². The average molecular weight is 191 g/mol. The van der Waals surface area contributed by atoms with Crippen molar-refractivity contribution < 1.29 is 0 Å². The van der Waals surface area contributed by atoms with Crippen molar-refractivity contribution in [2.45, 2.75) is 19.4 Å². The van der Waals surface area contributed by atoms with Crippen LogP contribution in [0.2, 0.25) is 0 Å². The van der Waals surface area contributed by atoms with Gasteiger partial charge < -0.3 is 16.8 Å². The average Bonchev–Trinajstić information content (AvgIpc) is 2.12. The lowest BCUT2D eigenvalue weighted by atomic mass is 10.2. The summed E-state index contributed by atoms with van der Waals surface area (Å²) in [6.45, 7) is 5.78. The van der Waals surface area contributed by atoms with Crippen LogP contribution in [0, 0.1) is 0 Å². The van der Waals surface area contributed by atoms with Gasteiger partial charge in [-0.05, 0) is 31.5 Å². The van der Waals surface area contributed by atoms with E-state index < -0.39 is 0 Å². The summed E-state index contributed by atoms with van der Waals surface area (Å²) in [5, 5.41) is 3.30. The first-order valence-corrected chi connectivity index (χ1v) is 4.66. The van der Waals surface area contributed by atoms with E-state index in [2.05, 4.69) is 18.8 Å². The smallest absolute Gasteiger partial charge is 0.0568 e. The maximum absolute atomic E-state index is 5.69. The molecule has 5 N–H and O–H groups in total. The summed E-state index contributed by atoms with van der Waals surface area (Å²) in [5.41, 5.74) is 13.5. The minimum atomic E-state index is 0.357. The monoisotopic (exact) mass is 191 g/mol. The van der Waals surface area contributed by atoms with E-state index in [1.54, 1.807) is 6.07 Å². The van der Waals surface area contributed by atoms with Crippen molar-refractivity contribution in [3.63, 3.8) is 0 Å². The van der Waals surface area contributed by atoms with E-state index in [0.717, 1.165) is 12.1 Å². The van der Waals surface area contributed by atoms with Crippen LogP contribution in [0.5, 0.6) is 0 Å². The minimum absolute atomic E-state index is 0.357. The molecule has 3 heteroatoms. The lowest BCUT2D eigenvalue weighted by Gasteiger charge is -2.14. The SMILES string of the molecule is C=CCC(C)Nc1ccc(N)c(N)c1. The summed E-state index contributed by atoms with van der Waals surface area (Å²) in [6, 6.07) is 5.92. The van der Waals surface area contributed by atoms with Gasteiger partial charge in [0.1, 0.15) is 0 Å². The Morgan fingerprint density at radius 2 is 2.14 bits per heavy atom. The Balaban J connectivity index is 2.67. The van der Waals surface area contributed by atoms with E-state index in [1.165, 1.54) is 0 Å². The molecule has 1 unspecified atom stereocenters. The molecule has 0 fully saturated rings. The molecule has 1 aromatic rings. The summed E-state index contributed by atoms with van der Waals surface area (Å²) in [5.74, 6) is 0. The number of anilines is 3. The summed E-state index contributed by atoms with van der Waals surface area (Å²) < 4.78 is 0. The highest BCUT2D eigenvalue weighted by Gasteiger charge is 2.01. The molecular weight excluding hydrogens is 174 g/mol. The molecule has 0 aliphatic rings. The molecule has 0 spiro atoms. The van der Waals surface area contributed by atoms with Crippen molar-refractivity contribution in [3.8, 4) is 0 Å². The van der Waals surface area contributed by atoms with Crippen molar-refractivity contribution in [2.24, 2.45) is 0 Å². The largest absolute Gasteiger partial charge is 0.397 e. The van der Waals surface area contributed by atoms with Gasteiger partial charge in [-0.15, -0.1) is 6.58 Å². The molecule has 0 aromatic heterocycles. The molecule has 1 rings (SSSR count). The fraction of sp³-hybridized carbons (Fsp3) is 0.273. The van der Waals surface area contributed by atoms with Gasteiger partial charge in [0, 0.05) is 11.7 Å². The number of hydrogen-bond acceptors (Lipinski definition) is 3. The van der Waals surface area contributed by atoms with Crippen LogP contribution in [0.3, 0.4) is 0 Å². The predicted octanol–water partition coefficient (Wildman–Crippen LogP) is 2.23. The van der Waals surface area contributed by atoms with Crippen LogP contribution < -0.4 is 16.8 Å². The van der Waals surface area contributed by atoms with Crippen LogP contribution in [0.4, 0.5) is 17.1 Å². The molecular formula is C11H17N3. The first kappa shape index (κ1) is 10.4. The van der Waals surface area contributed by atoms with Crippen molar-refractivity contribution in [3.05, 3.63) is 30.9 Å². The molecule has 0 saturated heterocycles. The van der Waals surface area contributed by atoms with Crippen LogP contribution in [0.15, 0.2) is 30.9 Å². The Morgan fingerprint density at radius 3 is 2.71 bits per heavy atom. The maximum atomic E-state index is 5.69. The van der Waals surface area contributed by atoms with Gasteiger partial charge in [-0.1, -0.05) is 6.08 Å². The second-order valence-electron chi connectivity index (χ2n) is 3.41.